The van der Waals surface area contributed by atoms with Gasteiger partial charge < -0.3 is 15.4 Å². The molecule has 5 rings (SSSR count). The van der Waals surface area contributed by atoms with Gasteiger partial charge in [-0.15, -0.1) is 0 Å². The van der Waals surface area contributed by atoms with Crippen molar-refractivity contribution in [1.29, 1.82) is 0 Å². The van der Waals surface area contributed by atoms with Gasteiger partial charge in [-0.25, -0.2) is 9.97 Å². The lowest BCUT2D eigenvalue weighted by Gasteiger charge is -2.26. The summed E-state index contributed by atoms with van der Waals surface area (Å²) >= 11 is 0. The Morgan fingerprint density at radius 3 is 2.56 bits per heavy atom. The highest BCUT2D eigenvalue weighted by atomic mass is 16.5. The summed E-state index contributed by atoms with van der Waals surface area (Å²) in [5.41, 5.74) is 8.54. The minimum absolute atomic E-state index is 0.248. The summed E-state index contributed by atoms with van der Waals surface area (Å²) in [6, 6.07) is 4.04. The van der Waals surface area contributed by atoms with Crippen molar-refractivity contribution in [2.45, 2.75) is 58.1 Å². The smallest absolute Gasteiger partial charge is 0.261 e. The molecule has 4 aromatic heterocycles. The maximum atomic E-state index is 10.0. The van der Waals surface area contributed by atoms with Gasteiger partial charge in [0.1, 0.15) is 0 Å². The average molecular weight is 461 g/mol. The Hall–Kier alpha value is -3.66. The van der Waals surface area contributed by atoms with Gasteiger partial charge in [-0.3, -0.25) is 9.67 Å². The average Bonchev–Trinajstić information content (AvgIpc) is 3.34. The molecule has 0 saturated heterocycles. The van der Waals surface area contributed by atoms with E-state index in [2.05, 4.69) is 33.2 Å². The molecular formula is C24H28N8O2. The van der Waals surface area contributed by atoms with E-state index in [1.165, 1.54) is 0 Å². The van der Waals surface area contributed by atoms with Gasteiger partial charge in [-0.1, -0.05) is 11.2 Å². The molecule has 0 spiro atoms. The van der Waals surface area contributed by atoms with Crippen molar-refractivity contribution in [3.05, 3.63) is 54.0 Å². The summed E-state index contributed by atoms with van der Waals surface area (Å²) in [4.78, 5) is 17.8. The summed E-state index contributed by atoms with van der Waals surface area (Å²) in [5.74, 6) is 1.69. The molecule has 10 heteroatoms. The summed E-state index contributed by atoms with van der Waals surface area (Å²) in [6.07, 6.45) is 9.24. The van der Waals surface area contributed by atoms with Crippen molar-refractivity contribution >= 4 is 5.95 Å². The molecule has 0 bridgehead atoms. The molecule has 176 valence electrons. The minimum Gasteiger partial charge on any atom is -0.389 e. The van der Waals surface area contributed by atoms with Crippen LogP contribution in [0.2, 0.25) is 0 Å². The Labute approximate surface area is 197 Å². The fraction of sp³-hybridized carbons (Fsp3) is 0.417. The second-order valence-corrected chi connectivity index (χ2v) is 9.80. The van der Waals surface area contributed by atoms with E-state index < -0.39 is 11.0 Å². The Morgan fingerprint density at radius 1 is 1.12 bits per heavy atom. The molecule has 0 aromatic carbocycles. The number of pyridine rings is 1. The van der Waals surface area contributed by atoms with Gasteiger partial charge >= 0.3 is 0 Å². The molecule has 1 saturated carbocycles. The van der Waals surface area contributed by atoms with Crippen molar-refractivity contribution in [2.24, 2.45) is 5.92 Å². The number of hydrogen-bond donors (Lipinski definition) is 2. The fourth-order valence-corrected chi connectivity index (χ4v) is 4.31. The quantitative estimate of drug-likeness (QED) is 0.425. The number of nitrogens with zero attached hydrogens (tertiary/aromatic N) is 7. The second kappa shape index (κ2) is 7.98. The van der Waals surface area contributed by atoms with Gasteiger partial charge in [-0.2, -0.15) is 10.1 Å². The van der Waals surface area contributed by atoms with Crippen molar-refractivity contribution < 1.29 is 9.63 Å². The van der Waals surface area contributed by atoms with Crippen LogP contribution in [0.25, 0.3) is 22.7 Å². The zero-order chi connectivity index (χ0) is 24.1. The number of anilines is 1. The highest BCUT2D eigenvalue weighted by molar-refractivity contribution is 5.61. The molecule has 1 atom stereocenters. The van der Waals surface area contributed by atoms with E-state index >= 15 is 0 Å². The number of rotatable bonds is 7. The van der Waals surface area contributed by atoms with Crippen LogP contribution in [0, 0.1) is 12.8 Å². The fourth-order valence-electron chi connectivity index (χ4n) is 4.31. The zero-order valence-electron chi connectivity index (χ0n) is 19.7. The molecule has 10 nitrogen and oxygen atoms in total. The Morgan fingerprint density at radius 2 is 1.91 bits per heavy atom. The molecule has 1 fully saturated rings. The number of nitrogen functional groups attached to an aromatic ring is 1. The largest absolute Gasteiger partial charge is 0.389 e. The maximum Gasteiger partial charge on any atom is 0.261 e. The number of aryl methyl sites for hydroxylation is 1. The van der Waals surface area contributed by atoms with Gasteiger partial charge in [0.05, 0.1) is 40.7 Å². The topological polar surface area (TPSA) is 142 Å². The lowest BCUT2D eigenvalue weighted by Crippen LogP contribution is -2.28. The molecule has 3 N–H and O–H groups in total. The van der Waals surface area contributed by atoms with E-state index in [0.29, 0.717) is 29.7 Å². The maximum absolute atomic E-state index is 10.0. The molecule has 0 radical (unpaired) electrons. The Balaban J connectivity index is 1.45. The highest BCUT2D eigenvalue weighted by Crippen LogP contribution is 2.50. The van der Waals surface area contributed by atoms with Gasteiger partial charge in [0, 0.05) is 24.2 Å². The molecular weight excluding hydrogens is 432 g/mol. The van der Waals surface area contributed by atoms with Gasteiger partial charge in [-0.05, 0) is 58.1 Å². The third-order valence-corrected chi connectivity index (χ3v) is 6.35. The second-order valence-electron chi connectivity index (χ2n) is 9.80. The Bertz CT molecular complexity index is 1320. The summed E-state index contributed by atoms with van der Waals surface area (Å²) in [7, 11) is 0. The first-order valence-corrected chi connectivity index (χ1v) is 11.3. The predicted molar refractivity (Wildman–Crippen MR) is 125 cm³/mol. The molecule has 4 heterocycles. The van der Waals surface area contributed by atoms with Crippen LogP contribution < -0.4 is 5.73 Å². The summed E-state index contributed by atoms with van der Waals surface area (Å²) < 4.78 is 7.31. The first-order chi connectivity index (χ1) is 16.1. The number of nitrogens with two attached hydrogens (primary N) is 1. The highest BCUT2D eigenvalue weighted by Gasteiger charge is 2.47. The van der Waals surface area contributed by atoms with Crippen LogP contribution in [0.5, 0.6) is 0 Å². The molecule has 1 aliphatic carbocycles. The monoisotopic (exact) mass is 460 g/mol. The lowest BCUT2D eigenvalue weighted by molar-refractivity contribution is 0.0577. The third-order valence-electron chi connectivity index (χ3n) is 6.35. The molecule has 4 aromatic rings. The number of hydrogen-bond acceptors (Lipinski definition) is 9. The van der Waals surface area contributed by atoms with E-state index in [-0.39, 0.29) is 5.95 Å². The van der Waals surface area contributed by atoms with Crippen LogP contribution in [0.1, 0.15) is 50.7 Å². The van der Waals surface area contributed by atoms with E-state index in [9.17, 15) is 5.11 Å². The Kier molecular flexibility index (Phi) is 5.20. The predicted octanol–water partition coefficient (Wildman–Crippen LogP) is 3.16. The number of aromatic nitrogens is 7. The van der Waals surface area contributed by atoms with Crippen molar-refractivity contribution in [3.8, 4) is 22.7 Å². The SMILES string of the molecule is Cc1nc(N)ncc1-c1ccc(C(C)(c2noc(-c3cnn(CC(C)(C)O)c3)n2)C2CC2)cn1. The molecule has 1 aliphatic rings. The molecule has 34 heavy (non-hydrogen) atoms. The molecule has 0 aliphatic heterocycles. The molecule has 0 amide bonds. The van der Waals surface area contributed by atoms with Crippen molar-refractivity contribution in [1.82, 2.24) is 34.9 Å². The van der Waals surface area contributed by atoms with Crippen LogP contribution in [-0.4, -0.2) is 45.6 Å². The number of aliphatic hydroxyl groups is 1. The third kappa shape index (κ3) is 4.16. The van der Waals surface area contributed by atoms with Crippen LogP contribution in [0.4, 0.5) is 5.95 Å². The van der Waals surface area contributed by atoms with Gasteiger partial charge in [0.2, 0.25) is 5.95 Å². The van der Waals surface area contributed by atoms with Gasteiger partial charge in [0.25, 0.3) is 5.89 Å². The molecule has 1 unspecified atom stereocenters. The summed E-state index contributed by atoms with van der Waals surface area (Å²) in [5, 5.41) is 18.7. The van der Waals surface area contributed by atoms with Gasteiger partial charge in [0.15, 0.2) is 5.82 Å². The van der Waals surface area contributed by atoms with E-state index in [1.54, 1.807) is 37.1 Å². The van der Waals surface area contributed by atoms with E-state index in [1.807, 2.05) is 19.2 Å². The van der Waals surface area contributed by atoms with Crippen molar-refractivity contribution in [3.63, 3.8) is 0 Å². The normalized spacial score (nSPS) is 15.9. The van der Waals surface area contributed by atoms with E-state index in [4.69, 9.17) is 20.2 Å². The van der Waals surface area contributed by atoms with Crippen LogP contribution in [0.15, 0.2) is 41.4 Å². The van der Waals surface area contributed by atoms with Crippen LogP contribution in [-0.2, 0) is 12.0 Å². The first-order valence-electron chi connectivity index (χ1n) is 11.3. The van der Waals surface area contributed by atoms with Crippen molar-refractivity contribution in [2.75, 3.05) is 5.73 Å². The van der Waals surface area contributed by atoms with Crippen LogP contribution in [0.3, 0.4) is 0 Å². The lowest BCUT2D eigenvalue weighted by atomic mass is 9.77. The minimum atomic E-state index is -0.871. The first kappa shape index (κ1) is 22.1. The van der Waals surface area contributed by atoms with Crippen LogP contribution >= 0.6 is 0 Å². The zero-order valence-corrected chi connectivity index (χ0v) is 19.7. The van der Waals surface area contributed by atoms with E-state index in [0.717, 1.165) is 35.4 Å². The standard InChI is InChI=1S/C24H28N8O2/c1-14-18(11-27-22(25)29-14)19-8-7-17(10-26-19)24(4,16-5-6-16)21-30-20(34-31-21)15-9-28-32(12-15)13-23(2,3)33/h7-12,16,33H,5-6,13H2,1-4H3,(H2,25,27,29). The summed E-state index contributed by atoms with van der Waals surface area (Å²) in [6.45, 7) is 7.87.